The van der Waals surface area contributed by atoms with E-state index in [1.165, 1.54) is 0 Å². The first-order valence-corrected chi connectivity index (χ1v) is 9.94. The van der Waals surface area contributed by atoms with Crippen LogP contribution in [-0.4, -0.2) is 47.4 Å². The predicted octanol–water partition coefficient (Wildman–Crippen LogP) is 4.81. The van der Waals surface area contributed by atoms with E-state index in [2.05, 4.69) is 15.9 Å². The molecule has 0 spiro atoms. The zero-order valence-electron chi connectivity index (χ0n) is 16.8. The third-order valence-electron chi connectivity index (χ3n) is 5.32. The molecule has 0 aromatic heterocycles. The smallest absolute Gasteiger partial charge is 0.410 e. The first-order valence-electron chi connectivity index (χ1n) is 9.94. The molecule has 0 bridgehead atoms. The fourth-order valence-corrected chi connectivity index (χ4v) is 4.09. The zero-order chi connectivity index (χ0) is 19.9. The summed E-state index contributed by atoms with van der Waals surface area (Å²) >= 11 is 0. The molecule has 1 amide bonds. The molecule has 2 saturated carbocycles. The van der Waals surface area contributed by atoms with Crippen molar-refractivity contribution in [3.8, 4) is 12.3 Å². The lowest BCUT2D eigenvalue weighted by Gasteiger charge is -2.43. The highest BCUT2D eigenvalue weighted by atomic mass is 16.6. The fraction of sp³-hybridized carbons (Fsp3) is 0.850. The zero-order valence-corrected chi connectivity index (χ0v) is 16.8. The van der Waals surface area contributed by atoms with Crippen molar-refractivity contribution in [2.75, 3.05) is 6.61 Å². The summed E-state index contributed by atoms with van der Waals surface area (Å²) in [5.41, 5.74) is 8.13. The van der Waals surface area contributed by atoms with Crippen molar-refractivity contribution < 1.29 is 14.3 Å². The van der Waals surface area contributed by atoms with Crippen LogP contribution in [0.2, 0.25) is 0 Å². The fourth-order valence-electron chi connectivity index (χ4n) is 4.09. The van der Waals surface area contributed by atoms with Gasteiger partial charge in [-0.15, -0.1) is 6.42 Å². The number of hydrogen-bond acceptors (Lipinski definition) is 4. The lowest BCUT2D eigenvalue weighted by molar-refractivity contribution is -0.0205. The van der Waals surface area contributed by atoms with Gasteiger partial charge in [-0.2, -0.15) is 0 Å². The normalized spacial score (nSPS) is 28.5. The molecule has 2 fully saturated rings. The molecule has 0 atom stereocenters. The number of rotatable bonds is 5. The monoisotopic (exact) mass is 376 g/mol. The highest BCUT2D eigenvalue weighted by Gasteiger charge is 2.37. The minimum absolute atomic E-state index is 0.0413. The number of carbonyl (C=O) groups excluding carboxylic acids is 1. The van der Waals surface area contributed by atoms with Crippen molar-refractivity contribution in [1.29, 1.82) is 0 Å². The molecule has 2 rings (SSSR count). The molecule has 0 saturated heterocycles. The molecule has 2 aliphatic carbocycles. The Kier molecular flexibility index (Phi) is 7.82. The second kappa shape index (κ2) is 9.87. The molecule has 27 heavy (non-hydrogen) atoms. The van der Waals surface area contributed by atoms with Crippen LogP contribution in [0.4, 0.5) is 4.79 Å². The van der Waals surface area contributed by atoms with Gasteiger partial charge in [0.05, 0.1) is 6.10 Å². The van der Waals surface area contributed by atoms with Crippen LogP contribution < -0.4 is 0 Å². The summed E-state index contributed by atoms with van der Waals surface area (Å²) in [6.45, 7) is 6.03. The summed E-state index contributed by atoms with van der Waals surface area (Å²) in [6, 6.07) is 0.337. The first kappa shape index (κ1) is 21.4. The van der Waals surface area contributed by atoms with Gasteiger partial charge in [0.15, 0.2) is 0 Å². The standard InChI is InChI=1S/C20H32N4O3/c1-5-14-26-18-12-10-17(11-13-18)24(19(25)27-20(2,3)4)16-8-6-15(7-9-16)22-23-21/h1,15-18H,6-14H2,2-4H3/t15-,16-,17-,18+. The Morgan fingerprint density at radius 1 is 1.15 bits per heavy atom. The molecule has 0 radical (unpaired) electrons. The molecule has 150 valence electrons. The van der Waals surface area contributed by atoms with Crippen LogP contribution >= 0.6 is 0 Å². The average Bonchev–Trinajstić information content (AvgIpc) is 2.61. The molecule has 0 heterocycles. The van der Waals surface area contributed by atoms with Crippen molar-refractivity contribution in [3.05, 3.63) is 10.4 Å². The number of amides is 1. The second-order valence-corrected chi connectivity index (χ2v) is 8.50. The van der Waals surface area contributed by atoms with Gasteiger partial charge in [0, 0.05) is 23.0 Å². The Morgan fingerprint density at radius 3 is 2.19 bits per heavy atom. The van der Waals surface area contributed by atoms with Gasteiger partial charge in [0.1, 0.15) is 12.2 Å². The van der Waals surface area contributed by atoms with Gasteiger partial charge in [-0.3, -0.25) is 0 Å². The summed E-state index contributed by atoms with van der Waals surface area (Å²) in [5.74, 6) is 2.52. The van der Waals surface area contributed by atoms with Crippen LogP contribution in [0.5, 0.6) is 0 Å². The van der Waals surface area contributed by atoms with Crippen molar-refractivity contribution >= 4 is 6.09 Å². The van der Waals surface area contributed by atoms with Crippen LogP contribution in [0.3, 0.4) is 0 Å². The molecular weight excluding hydrogens is 344 g/mol. The van der Waals surface area contributed by atoms with Crippen LogP contribution in [0, 0.1) is 12.3 Å². The average molecular weight is 377 g/mol. The number of terminal acetylenes is 1. The van der Waals surface area contributed by atoms with Crippen LogP contribution in [0.25, 0.3) is 10.4 Å². The summed E-state index contributed by atoms with van der Waals surface area (Å²) in [4.78, 5) is 17.9. The van der Waals surface area contributed by atoms with Gasteiger partial charge >= 0.3 is 6.09 Å². The van der Waals surface area contributed by atoms with Gasteiger partial charge in [-0.1, -0.05) is 11.0 Å². The van der Waals surface area contributed by atoms with Gasteiger partial charge in [0.25, 0.3) is 0 Å². The van der Waals surface area contributed by atoms with Crippen molar-refractivity contribution in [2.24, 2.45) is 5.11 Å². The third-order valence-corrected chi connectivity index (χ3v) is 5.32. The van der Waals surface area contributed by atoms with Crippen molar-refractivity contribution in [1.82, 2.24) is 4.90 Å². The highest BCUT2D eigenvalue weighted by molar-refractivity contribution is 5.69. The van der Waals surface area contributed by atoms with E-state index in [0.29, 0.717) is 6.61 Å². The molecule has 2 aliphatic rings. The molecule has 7 heteroatoms. The maximum atomic E-state index is 13.0. The number of hydrogen-bond donors (Lipinski definition) is 0. The summed E-state index contributed by atoms with van der Waals surface area (Å²) in [5, 5.41) is 3.85. The Morgan fingerprint density at radius 2 is 1.70 bits per heavy atom. The van der Waals surface area contributed by atoms with E-state index in [0.717, 1.165) is 51.4 Å². The summed E-state index contributed by atoms with van der Waals surface area (Å²) < 4.78 is 11.4. The number of carbonyl (C=O) groups is 1. The first-order chi connectivity index (χ1) is 12.8. The van der Waals surface area contributed by atoms with Crippen LogP contribution in [-0.2, 0) is 9.47 Å². The lowest BCUT2D eigenvalue weighted by Crippen LogP contribution is -2.52. The summed E-state index contributed by atoms with van der Waals surface area (Å²) in [7, 11) is 0. The maximum absolute atomic E-state index is 13.0. The Hall–Kier alpha value is -1.90. The molecular formula is C20H32N4O3. The molecule has 7 nitrogen and oxygen atoms in total. The second-order valence-electron chi connectivity index (χ2n) is 8.50. The minimum atomic E-state index is -0.523. The van der Waals surface area contributed by atoms with E-state index in [1.807, 2.05) is 25.7 Å². The molecule has 0 aromatic carbocycles. The largest absolute Gasteiger partial charge is 0.444 e. The molecule has 0 aliphatic heterocycles. The Labute approximate surface area is 162 Å². The third kappa shape index (κ3) is 6.64. The Bertz CT molecular complexity index is 573. The quantitative estimate of drug-likeness (QED) is 0.299. The van der Waals surface area contributed by atoms with E-state index in [9.17, 15) is 4.79 Å². The van der Waals surface area contributed by atoms with Crippen LogP contribution in [0.1, 0.15) is 72.1 Å². The van der Waals surface area contributed by atoms with E-state index < -0.39 is 5.60 Å². The Balaban J connectivity index is 2.04. The van der Waals surface area contributed by atoms with Crippen molar-refractivity contribution in [3.63, 3.8) is 0 Å². The minimum Gasteiger partial charge on any atom is -0.444 e. The predicted molar refractivity (Wildman–Crippen MR) is 104 cm³/mol. The topological polar surface area (TPSA) is 87.5 Å². The number of ether oxygens (including phenoxy) is 2. The molecule has 0 unspecified atom stereocenters. The van der Waals surface area contributed by atoms with Gasteiger partial charge in [0.2, 0.25) is 0 Å². The SMILES string of the molecule is C#CCO[C@H]1CC[C@@H](N(C(=O)OC(C)(C)C)[C@H]2CC[C@H](N=[N+]=[N-])CC2)CC1. The van der Waals surface area contributed by atoms with E-state index in [-0.39, 0.29) is 30.3 Å². The molecule has 0 N–H and O–H groups in total. The van der Waals surface area contributed by atoms with Gasteiger partial charge in [-0.05, 0) is 77.7 Å². The van der Waals surface area contributed by atoms with Crippen molar-refractivity contribution in [2.45, 2.75) is 102 Å². The van der Waals surface area contributed by atoms with Gasteiger partial charge in [-0.25, -0.2) is 4.79 Å². The molecule has 0 aromatic rings. The van der Waals surface area contributed by atoms with E-state index >= 15 is 0 Å². The maximum Gasteiger partial charge on any atom is 0.410 e. The van der Waals surface area contributed by atoms with Gasteiger partial charge < -0.3 is 14.4 Å². The number of azide groups is 1. The van der Waals surface area contributed by atoms with Crippen LogP contribution in [0.15, 0.2) is 5.11 Å². The lowest BCUT2D eigenvalue weighted by atomic mass is 9.86. The highest BCUT2D eigenvalue weighted by Crippen LogP contribution is 2.33. The van der Waals surface area contributed by atoms with E-state index in [4.69, 9.17) is 21.4 Å². The van der Waals surface area contributed by atoms with E-state index in [1.54, 1.807) is 0 Å². The number of nitrogens with zero attached hydrogens (tertiary/aromatic N) is 4. The summed E-state index contributed by atoms with van der Waals surface area (Å²) in [6.07, 6.45) is 12.1.